The molecule has 3 fully saturated rings. The molecule has 0 spiro atoms. The molecule has 2 bridgehead atoms. The maximum atomic E-state index is 12.5. The van der Waals surface area contributed by atoms with Gasteiger partial charge in [-0.1, -0.05) is 12.1 Å². The molecule has 1 atom stereocenters. The molecule has 3 aliphatic heterocycles. The third-order valence-electron chi connectivity index (χ3n) is 5.16. The molecule has 3 aliphatic rings. The van der Waals surface area contributed by atoms with Gasteiger partial charge in [-0.05, 0) is 56.1 Å². The molecule has 1 amide bonds. The first-order valence-corrected chi connectivity index (χ1v) is 8.50. The summed E-state index contributed by atoms with van der Waals surface area (Å²) < 4.78 is 11.0. The first-order valence-electron chi connectivity index (χ1n) is 8.50. The third kappa shape index (κ3) is 2.91. The number of furan rings is 1. The van der Waals surface area contributed by atoms with E-state index in [2.05, 4.69) is 10.2 Å². The predicted octanol–water partition coefficient (Wildman–Crippen LogP) is 2.78. The SMILES string of the molecule is COc1cccc(-c2ccc(C(=O)N[C@H]3CN4CCC3CC4)o2)c1. The normalized spacial score (nSPS) is 25.5. The Kier molecular flexibility index (Phi) is 4.02. The summed E-state index contributed by atoms with van der Waals surface area (Å²) in [6.45, 7) is 3.29. The first-order chi connectivity index (χ1) is 11.7. The van der Waals surface area contributed by atoms with Gasteiger partial charge < -0.3 is 19.4 Å². The number of hydrogen-bond donors (Lipinski definition) is 1. The number of carbonyl (C=O) groups excluding carboxylic acids is 1. The fourth-order valence-corrected chi connectivity index (χ4v) is 3.76. The van der Waals surface area contributed by atoms with Crippen LogP contribution in [0.1, 0.15) is 23.4 Å². The highest BCUT2D eigenvalue weighted by molar-refractivity contribution is 5.92. The van der Waals surface area contributed by atoms with Gasteiger partial charge in [0.2, 0.25) is 0 Å². The average Bonchev–Trinajstić information content (AvgIpc) is 3.13. The number of hydrogen-bond acceptors (Lipinski definition) is 4. The number of piperidine rings is 3. The summed E-state index contributed by atoms with van der Waals surface area (Å²) in [6, 6.07) is 11.4. The maximum absolute atomic E-state index is 12.5. The molecule has 5 rings (SSSR count). The van der Waals surface area contributed by atoms with Crippen molar-refractivity contribution < 1.29 is 13.9 Å². The smallest absolute Gasteiger partial charge is 0.287 e. The number of methoxy groups -OCH3 is 1. The van der Waals surface area contributed by atoms with E-state index in [-0.39, 0.29) is 11.9 Å². The summed E-state index contributed by atoms with van der Waals surface area (Å²) in [5.41, 5.74) is 0.899. The molecule has 126 valence electrons. The van der Waals surface area contributed by atoms with Gasteiger partial charge >= 0.3 is 0 Å². The predicted molar refractivity (Wildman–Crippen MR) is 91.1 cm³/mol. The average molecular weight is 326 g/mol. The molecular weight excluding hydrogens is 304 g/mol. The van der Waals surface area contributed by atoms with Gasteiger partial charge in [-0.15, -0.1) is 0 Å². The van der Waals surface area contributed by atoms with Crippen LogP contribution >= 0.6 is 0 Å². The number of fused-ring (bicyclic) bond motifs is 3. The molecule has 3 saturated heterocycles. The highest BCUT2D eigenvalue weighted by Gasteiger charge is 2.35. The van der Waals surface area contributed by atoms with Gasteiger partial charge in [0.15, 0.2) is 5.76 Å². The fraction of sp³-hybridized carbons (Fsp3) is 0.421. The standard InChI is InChI=1S/C19H22N2O3/c1-23-15-4-2-3-14(11-15)17-5-6-18(24-17)19(22)20-16-12-21-9-7-13(16)8-10-21/h2-6,11,13,16H,7-10,12H2,1H3,(H,20,22)/t16-/m0/s1. The zero-order valence-corrected chi connectivity index (χ0v) is 13.8. The van der Waals surface area contributed by atoms with Gasteiger partial charge in [0.1, 0.15) is 11.5 Å². The second kappa shape index (κ2) is 6.32. The molecule has 0 unspecified atom stereocenters. The summed E-state index contributed by atoms with van der Waals surface area (Å²) >= 11 is 0. The fourth-order valence-electron chi connectivity index (χ4n) is 3.76. The van der Waals surface area contributed by atoms with E-state index >= 15 is 0 Å². The zero-order chi connectivity index (χ0) is 16.5. The molecule has 1 aromatic carbocycles. The minimum Gasteiger partial charge on any atom is -0.497 e. The quantitative estimate of drug-likeness (QED) is 0.939. The molecule has 0 radical (unpaired) electrons. The van der Waals surface area contributed by atoms with E-state index in [0.717, 1.165) is 30.9 Å². The van der Waals surface area contributed by atoms with Crippen LogP contribution in [-0.4, -0.2) is 43.6 Å². The molecule has 1 aromatic heterocycles. The van der Waals surface area contributed by atoms with Crippen LogP contribution in [0.25, 0.3) is 11.3 Å². The number of benzene rings is 1. The minimum atomic E-state index is -0.122. The molecule has 24 heavy (non-hydrogen) atoms. The molecule has 4 heterocycles. The van der Waals surface area contributed by atoms with E-state index in [1.807, 2.05) is 30.3 Å². The molecule has 2 aromatic rings. The van der Waals surface area contributed by atoms with Crippen molar-refractivity contribution in [3.63, 3.8) is 0 Å². The van der Waals surface area contributed by atoms with Crippen LogP contribution in [-0.2, 0) is 0 Å². The second-order valence-corrected chi connectivity index (χ2v) is 6.61. The maximum Gasteiger partial charge on any atom is 0.287 e. The van der Waals surface area contributed by atoms with Crippen LogP contribution in [0.4, 0.5) is 0 Å². The van der Waals surface area contributed by atoms with Crippen molar-refractivity contribution >= 4 is 5.91 Å². The lowest BCUT2D eigenvalue weighted by Crippen LogP contribution is -2.57. The Balaban J connectivity index is 1.47. The Morgan fingerprint density at radius 1 is 1.25 bits per heavy atom. The lowest BCUT2D eigenvalue weighted by atomic mass is 9.84. The van der Waals surface area contributed by atoms with Crippen molar-refractivity contribution in [2.75, 3.05) is 26.7 Å². The van der Waals surface area contributed by atoms with Crippen LogP contribution in [0.5, 0.6) is 5.75 Å². The molecule has 5 nitrogen and oxygen atoms in total. The van der Waals surface area contributed by atoms with Gasteiger partial charge in [0.05, 0.1) is 7.11 Å². The Morgan fingerprint density at radius 3 is 2.79 bits per heavy atom. The lowest BCUT2D eigenvalue weighted by Gasteiger charge is -2.44. The molecule has 5 heteroatoms. The minimum absolute atomic E-state index is 0.122. The van der Waals surface area contributed by atoms with E-state index < -0.39 is 0 Å². The Bertz CT molecular complexity index is 732. The van der Waals surface area contributed by atoms with Crippen molar-refractivity contribution in [1.82, 2.24) is 10.2 Å². The van der Waals surface area contributed by atoms with Gasteiger partial charge in [-0.2, -0.15) is 0 Å². The van der Waals surface area contributed by atoms with Crippen LogP contribution in [0.3, 0.4) is 0 Å². The number of rotatable bonds is 4. The molecular formula is C19H22N2O3. The van der Waals surface area contributed by atoms with Crippen LogP contribution in [0.15, 0.2) is 40.8 Å². The van der Waals surface area contributed by atoms with Crippen molar-refractivity contribution in [3.05, 3.63) is 42.2 Å². The van der Waals surface area contributed by atoms with Crippen molar-refractivity contribution in [2.45, 2.75) is 18.9 Å². The zero-order valence-electron chi connectivity index (χ0n) is 13.8. The Hall–Kier alpha value is -2.27. The van der Waals surface area contributed by atoms with Gasteiger partial charge in [0, 0.05) is 18.2 Å². The van der Waals surface area contributed by atoms with Crippen molar-refractivity contribution in [3.8, 4) is 17.1 Å². The van der Waals surface area contributed by atoms with Crippen molar-refractivity contribution in [1.29, 1.82) is 0 Å². The van der Waals surface area contributed by atoms with E-state index in [1.54, 1.807) is 13.2 Å². The largest absolute Gasteiger partial charge is 0.497 e. The van der Waals surface area contributed by atoms with Crippen LogP contribution in [0, 0.1) is 5.92 Å². The Labute approximate surface area is 141 Å². The second-order valence-electron chi connectivity index (χ2n) is 6.61. The monoisotopic (exact) mass is 326 g/mol. The number of nitrogens with one attached hydrogen (secondary N) is 1. The highest BCUT2D eigenvalue weighted by atomic mass is 16.5. The van der Waals surface area contributed by atoms with E-state index in [4.69, 9.17) is 9.15 Å². The van der Waals surface area contributed by atoms with Gasteiger partial charge in [0.25, 0.3) is 5.91 Å². The summed E-state index contributed by atoms with van der Waals surface area (Å²) in [4.78, 5) is 14.9. The topological polar surface area (TPSA) is 54.7 Å². The summed E-state index contributed by atoms with van der Waals surface area (Å²) in [6.07, 6.45) is 2.36. The molecule has 0 aliphatic carbocycles. The van der Waals surface area contributed by atoms with Crippen LogP contribution in [0.2, 0.25) is 0 Å². The van der Waals surface area contributed by atoms with E-state index in [1.165, 1.54) is 12.8 Å². The van der Waals surface area contributed by atoms with Crippen molar-refractivity contribution in [2.24, 2.45) is 5.92 Å². The Morgan fingerprint density at radius 2 is 2.08 bits per heavy atom. The lowest BCUT2D eigenvalue weighted by molar-refractivity contribution is 0.0606. The molecule has 1 N–H and O–H groups in total. The first kappa shape index (κ1) is 15.3. The molecule has 0 saturated carbocycles. The van der Waals surface area contributed by atoms with Gasteiger partial charge in [-0.3, -0.25) is 4.79 Å². The van der Waals surface area contributed by atoms with Crippen LogP contribution < -0.4 is 10.1 Å². The summed E-state index contributed by atoms with van der Waals surface area (Å²) in [7, 11) is 1.63. The number of carbonyl (C=O) groups is 1. The number of amides is 1. The van der Waals surface area contributed by atoms with Gasteiger partial charge in [-0.25, -0.2) is 0 Å². The van der Waals surface area contributed by atoms with E-state index in [0.29, 0.717) is 17.4 Å². The number of nitrogens with zero attached hydrogens (tertiary/aromatic N) is 1. The number of ether oxygens (including phenoxy) is 1. The summed E-state index contributed by atoms with van der Waals surface area (Å²) in [5, 5.41) is 3.15. The van der Waals surface area contributed by atoms with E-state index in [9.17, 15) is 4.79 Å². The highest BCUT2D eigenvalue weighted by Crippen LogP contribution is 2.29. The third-order valence-corrected chi connectivity index (χ3v) is 5.16. The summed E-state index contributed by atoms with van der Waals surface area (Å²) in [5.74, 6) is 2.29.